The Labute approximate surface area is 164 Å². The van der Waals surface area contributed by atoms with Crippen molar-refractivity contribution >= 4 is 45.8 Å². The van der Waals surface area contributed by atoms with Crippen LogP contribution in [0.5, 0.6) is 0 Å². The minimum absolute atomic E-state index is 0.0575. The summed E-state index contributed by atoms with van der Waals surface area (Å²) < 4.78 is 5.01. The zero-order chi connectivity index (χ0) is 20.7. The molecule has 2 rings (SSSR count). The minimum Gasteiger partial charge on any atom is -0.478 e. The number of para-hydroxylation sites is 1. The highest BCUT2D eigenvalue weighted by molar-refractivity contribution is 7.19. The van der Waals surface area contributed by atoms with Gasteiger partial charge >= 0.3 is 11.9 Å². The summed E-state index contributed by atoms with van der Waals surface area (Å²) in [6, 6.07) is 8.77. The Kier molecular flexibility index (Phi) is 7.05. The van der Waals surface area contributed by atoms with Gasteiger partial charge in [-0.25, -0.2) is 9.59 Å². The molecule has 0 fully saturated rings. The Morgan fingerprint density at radius 1 is 1.11 bits per heavy atom. The van der Waals surface area contributed by atoms with Crippen LogP contribution in [0.3, 0.4) is 0 Å². The van der Waals surface area contributed by atoms with Gasteiger partial charge in [0.25, 0.3) is 5.91 Å². The number of esters is 1. The van der Waals surface area contributed by atoms with Crippen molar-refractivity contribution in [1.82, 2.24) is 0 Å². The van der Waals surface area contributed by atoms with Crippen LogP contribution in [0.2, 0.25) is 0 Å². The lowest BCUT2D eigenvalue weighted by Gasteiger charge is -2.06. The third-order valence-corrected chi connectivity index (χ3v) is 4.68. The summed E-state index contributed by atoms with van der Waals surface area (Å²) in [5, 5.41) is 13.9. The molecule has 0 bridgehead atoms. The van der Waals surface area contributed by atoms with Gasteiger partial charge in [0, 0.05) is 17.8 Å². The zero-order valence-electron chi connectivity index (χ0n) is 15.1. The van der Waals surface area contributed by atoms with Crippen LogP contribution in [0.4, 0.5) is 10.7 Å². The first kappa shape index (κ1) is 20.8. The average Bonchev–Trinajstić information content (AvgIpc) is 2.97. The van der Waals surface area contributed by atoms with Crippen molar-refractivity contribution < 1.29 is 29.0 Å². The number of carboxylic acid groups (broad SMARTS) is 1. The van der Waals surface area contributed by atoms with Gasteiger partial charge in [-0.3, -0.25) is 9.59 Å². The van der Waals surface area contributed by atoms with Crippen molar-refractivity contribution in [2.45, 2.75) is 13.8 Å². The van der Waals surface area contributed by atoms with Gasteiger partial charge in [0.1, 0.15) is 5.00 Å². The van der Waals surface area contributed by atoms with Crippen molar-refractivity contribution in [3.8, 4) is 0 Å². The van der Waals surface area contributed by atoms with Crippen LogP contribution in [0.25, 0.3) is 0 Å². The predicted octanol–water partition coefficient (Wildman–Crippen LogP) is 3.06. The highest BCUT2D eigenvalue weighted by Crippen LogP contribution is 2.34. The number of aliphatic carboxylic acids is 1. The van der Waals surface area contributed by atoms with Crippen molar-refractivity contribution in [3.05, 3.63) is 58.5 Å². The molecule has 0 radical (unpaired) electrons. The second kappa shape index (κ2) is 9.47. The van der Waals surface area contributed by atoms with Gasteiger partial charge in [-0.1, -0.05) is 18.2 Å². The van der Waals surface area contributed by atoms with Gasteiger partial charge < -0.3 is 20.5 Å². The molecular formula is C19H18N2O6S. The third-order valence-electron chi connectivity index (χ3n) is 3.48. The number of rotatable bonds is 7. The molecule has 0 spiro atoms. The fourth-order valence-electron chi connectivity index (χ4n) is 2.28. The number of ether oxygens (including phenoxy) is 1. The molecule has 1 aromatic carbocycles. The van der Waals surface area contributed by atoms with E-state index < -0.39 is 23.8 Å². The van der Waals surface area contributed by atoms with Crippen molar-refractivity contribution in [3.63, 3.8) is 0 Å². The molecule has 0 saturated heterocycles. The molecule has 8 nitrogen and oxygen atoms in total. The molecule has 146 valence electrons. The van der Waals surface area contributed by atoms with Crippen LogP contribution in [0, 0.1) is 6.92 Å². The summed E-state index contributed by atoms with van der Waals surface area (Å²) in [6.07, 6.45) is 1.49. The molecule has 0 atom stereocenters. The number of amides is 2. The zero-order valence-corrected chi connectivity index (χ0v) is 16.0. The number of nitrogens with one attached hydrogen (secondary N) is 2. The van der Waals surface area contributed by atoms with Crippen molar-refractivity contribution in [2.75, 3.05) is 17.2 Å². The summed E-state index contributed by atoms with van der Waals surface area (Å²) in [7, 11) is 0. The van der Waals surface area contributed by atoms with Crippen LogP contribution in [-0.2, 0) is 14.3 Å². The Morgan fingerprint density at radius 2 is 1.79 bits per heavy atom. The standard InChI is InChI=1S/C19H18N2O6S/c1-3-27-19(26)15-11(2)16(17(25)20-12-7-5-4-6-8-12)28-18(15)21-13(22)9-10-14(23)24/h4-10H,3H2,1-2H3,(H,20,25)(H,21,22)(H,23,24). The van der Waals surface area contributed by atoms with Gasteiger partial charge in [-0.05, 0) is 31.5 Å². The number of anilines is 2. The first-order valence-electron chi connectivity index (χ1n) is 8.22. The summed E-state index contributed by atoms with van der Waals surface area (Å²) >= 11 is 0.904. The summed E-state index contributed by atoms with van der Waals surface area (Å²) in [5.41, 5.74) is 0.990. The van der Waals surface area contributed by atoms with E-state index in [1.54, 1.807) is 38.1 Å². The fourth-order valence-corrected chi connectivity index (χ4v) is 3.37. The Morgan fingerprint density at radius 3 is 2.39 bits per heavy atom. The first-order chi connectivity index (χ1) is 13.3. The lowest BCUT2D eigenvalue weighted by atomic mass is 10.1. The molecule has 2 amide bonds. The SMILES string of the molecule is CCOC(=O)c1c(NC(=O)C=CC(=O)O)sc(C(=O)Nc2ccccc2)c1C. The molecule has 2 aromatic rings. The van der Waals surface area contributed by atoms with Gasteiger partial charge in [0.05, 0.1) is 17.0 Å². The van der Waals surface area contributed by atoms with Gasteiger partial charge in [0.2, 0.25) is 5.91 Å². The molecule has 0 saturated carbocycles. The lowest BCUT2D eigenvalue weighted by Crippen LogP contribution is -2.14. The topological polar surface area (TPSA) is 122 Å². The Bertz CT molecular complexity index is 933. The van der Waals surface area contributed by atoms with Crippen LogP contribution in [0.1, 0.15) is 32.5 Å². The molecule has 9 heteroatoms. The van der Waals surface area contributed by atoms with E-state index in [0.29, 0.717) is 17.3 Å². The van der Waals surface area contributed by atoms with Crippen molar-refractivity contribution in [1.29, 1.82) is 0 Å². The normalized spacial score (nSPS) is 10.5. The van der Waals surface area contributed by atoms with Crippen LogP contribution in [-0.4, -0.2) is 35.5 Å². The highest BCUT2D eigenvalue weighted by atomic mass is 32.1. The highest BCUT2D eigenvalue weighted by Gasteiger charge is 2.26. The predicted molar refractivity (Wildman–Crippen MR) is 105 cm³/mol. The average molecular weight is 402 g/mol. The van der Waals surface area contributed by atoms with E-state index in [-0.39, 0.29) is 22.0 Å². The van der Waals surface area contributed by atoms with E-state index in [0.717, 1.165) is 17.4 Å². The van der Waals surface area contributed by atoms with E-state index in [1.807, 2.05) is 6.07 Å². The minimum atomic E-state index is -1.29. The summed E-state index contributed by atoms with van der Waals surface area (Å²) in [6.45, 7) is 3.33. The number of carboxylic acids is 1. The summed E-state index contributed by atoms with van der Waals surface area (Å²) in [4.78, 5) is 47.6. The Balaban J connectivity index is 2.36. The van der Waals surface area contributed by atoms with E-state index in [4.69, 9.17) is 9.84 Å². The van der Waals surface area contributed by atoms with Crippen LogP contribution in [0.15, 0.2) is 42.5 Å². The molecule has 0 aliphatic heterocycles. The van der Waals surface area contributed by atoms with E-state index in [1.165, 1.54) is 0 Å². The number of carbonyl (C=O) groups is 4. The quantitative estimate of drug-likeness (QED) is 0.483. The van der Waals surface area contributed by atoms with Crippen LogP contribution < -0.4 is 10.6 Å². The third kappa shape index (κ3) is 5.27. The maximum absolute atomic E-state index is 12.6. The molecule has 1 heterocycles. The van der Waals surface area contributed by atoms with E-state index in [9.17, 15) is 19.2 Å². The number of benzene rings is 1. The fraction of sp³-hybridized carbons (Fsp3) is 0.158. The van der Waals surface area contributed by atoms with Gasteiger partial charge in [0.15, 0.2) is 0 Å². The van der Waals surface area contributed by atoms with Crippen LogP contribution >= 0.6 is 11.3 Å². The first-order valence-corrected chi connectivity index (χ1v) is 9.04. The second-order valence-corrected chi connectivity index (χ2v) is 6.48. The lowest BCUT2D eigenvalue weighted by molar-refractivity contribution is -0.131. The number of thiophene rings is 1. The molecule has 0 aliphatic rings. The molecule has 0 unspecified atom stereocenters. The second-order valence-electron chi connectivity index (χ2n) is 5.46. The van der Waals surface area contributed by atoms with Gasteiger partial charge in [-0.2, -0.15) is 0 Å². The molecule has 0 aliphatic carbocycles. The Hall–Kier alpha value is -3.46. The number of hydrogen-bond donors (Lipinski definition) is 3. The van der Waals surface area contributed by atoms with Crippen molar-refractivity contribution in [2.24, 2.45) is 0 Å². The monoisotopic (exact) mass is 402 g/mol. The molecule has 28 heavy (non-hydrogen) atoms. The smallest absolute Gasteiger partial charge is 0.341 e. The number of hydrogen-bond acceptors (Lipinski definition) is 6. The maximum Gasteiger partial charge on any atom is 0.341 e. The van der Waals surface area contributed by atoms with Gasteiger partial charge in [-0.15, -0.1) is 11.3 Å². The molecule has 3 N–H and O–H groups in total. The maximum atomic E-state index is 12.6. The molecular weight excluding hydrogens is 384 g/mol. The summed E-state index contributed by atoms with van der Waals surface area (Å²) in [5.74, 6) is -3.16. The largest absolute Gasteiger partial charge is 0.478 e. The van der Waals surface area contributed by atoms with E-state index >= 15 is 0 Å². The van der Waals surface area contributed by atoms with E-state index in [2.05, 4.69) is 10.6 Å². The number of carbonyl (C=O) groups excluding carboxylic acids is 3. The molecule has 1 aromatic heterocycles.